The zero-order valence-electron chi connectivity index (χ0n) is 7.10. The maximum absolute atomic E-state index is 10.7. The van der Waals surface area contributed by atoms with Crippen LogP contribution >= 0.6 is 0 Å². The molecule has 0 aromatic heterocycles. The van der Waals surface area contributed by atoms with Gasteiger partial charge in [0.25, 0.3) is 0 Å². The van der Waals surface area contributed by atoms with E-state index in [-0.39, 0.29) is 13.2 Å². The summed E-state index contributed by atoms with van der Waals surface area (Å²) in [6.07, 6.45) is 2.70. The lowest BCUT2D eigenvalue weighted by Gasteiger charge is -1.99. The SMILES string of the molecule is O=C(O)C=CC(=O)OCCCCO. The lowest BCUT2D eigenvalue weighted by Crippen LogP contribution is -2.03. The first kappa shape index (κ1) is 11.6. The van der Waals surface area contributed by atoms with Crippen LogP contribution in [0.2, 0.25) is 0 Å². The highest BCUT2D eigenvalue weighted by Gasteiger charge is 1.97. The molecular formula is C8H12O5. The van der Waals surface area contributed by atoms with Gasteiger partial charge in [-0.05, 0) is 12.8 Å². The summed E-state index contributed by atoms with van der Waals surface area (Å²) in [6.45, 7) is 0.256. The van der Waals surface area contributed by atoms with Gasteiger partial charge in [0.1, 0.15) is 0 Å². The van der Waals surface area contributed by atoms with Gasteiger partial charge in [-0.3, -0.25) is 0 Å². The second-order valence-electron chi connectivity index (χ2n) is 2.27. The van der Waals surface area contributed by atoms with Gasteiger partial charge >= 0.3 is 11.9 Å². The minimum atomic E-state index is -1.19. The van der Waals surface area contributed by atoms with E-state index in [1.165, 1.54) is 0 Å². The average molecular weight is 188 g/mol. The summed E-state index contributed by atoms with van der Waals surface area (Å²) in [7, 11) is 0. The van der Waals surface area contributed by atoms with E-state index >= 15 is 0 Å². The van der Waals surface area contributed by atoms with E-state index in [9.17, 15) is 9.59 Å². The fourth-order valence-corrected chi connectivity index (χ4v) is 0.574. The van der Waals surface area contributed by atoms with E-state index in [2.05, 4.69) is 4.74 Å². The molecule has 0 aliphatic heterocycles. The Kier molecular flexibility index (Phi) is 6.53. The Hall–Kier alpha value is -1.36. The van der Waals surface area contributed by atoms with Crippen molar-refractivity contribution in [2.75, 3.05) is 13.2 Å². The number of aliphatic hydroxyl groups excluding tert-OH is 1. The van der Waals surface area contributed by atoms with Crippen LogP contribution in [0.15, 0.2) is 12.2 Å². The van der Waals surface area contributed by atoms with Gasteiger partial charge in [-0.15, -0.1) is 0 Å². The Balaban J connectivity index is 3.46. The Morgan fingerprint density at radius 1 is 1.23 bits per heavy atom. The number of ether oxygens (including phenoxy) is 1. The van der Waals surface area contributed by atoms with E-state index in [1.807, 2.05) is 0 Å². The van der Waals surface area contributed by atoms with Crippen molar-refractivity contribution in [1.82, 2.24) is 0 Å². The summed E-state index contributed by atoms with van der Waals surface area (Å²) < 4.78 is 4.59. The van der Waals surface area contributed by atoms with Crippen LogP contribution in [0.4, 0.5) is 0 Å². The Labute approximate surface area is 75.6 Å². The van der Waals surface area contributed by atoms with Gasteiger partial charge < -0.3 is 14.9 Å². The first-order chi connectivity index (χ1) is 6.16. The van der Waals surface area contributed by atoms with Crippen LogP contribution in [0, 0.1) is 0 Å². The molecule has 0 bridgehead atoms. The largest absolute Gasteiger partial charge is 0.478 e. The molecule has 2 N–H and O–H groups in total. The van der Waals surface area contributed by atoms with E-state index in [1.54, 1.807) is 0 Å². The summed E-state index contributed by atoms with van der Waals surface area (Å²) in [4.78, 5) is 20.6. The van der Waals surface area contributed by atoms with Crippen LogP contribution < -0.4 is 0 Å². The highest BCUT2D eigenvalue weighted by atomic mass is 16.5. The Morgan fingerprint density at radius 2 is 1.92 bits per heavy atom. The van der Waals surface area contributed by atoms with Gasteiger partial charge in [0.2, 0.25) is 0 Å². The molecule has 0 unspecified atom stereocenters. The zero-order chi connectivity index (χ0) is 10.1. The molecule has 74 valence electrons. The van der Waals surface area contributed by atoms with Crippen LogP contribution in [0.3, 0.4) is 0 Å². The van der Waals surface area contributed by atoms with E-state index in [0.29, 0.717) is 18.9 Å². The molecule has 0 rings (SSSR count). The van der Waals surface area contributed by atoms with Gasteiger partial charge in [-0.25, -0.2) is 9.59 Å². The van der Waals surface area contributed by atoms with Crippen molar-refractivity contribution in [2.24, 2.45) is 0 Å². The molecule has 13 heavy (non-hydrogen) atoms. The molecule has 0 amide bonds. The van der Waals surface area contributed by atoms with Gasteiger partial charge in [-0.2, -0.15) is 0 Å². The van der Waals surface area contributed by atoms with Crippen molar-refractivity contribution in [3.63, 3.8) is 0 Å². The number of rotatable bonds is 6. The number of carboxylic acid groups (broad SMARTS) is 1. The molecule has 0 aliphatic carbocycles. The Bertz CT molecular complexity index is 197. The first-order valence-electron chi connectivity index (χ1n) is 3.85. The number of carboxylic acids is 1. The fourth-order valence-electron chi connectivity index (χ4n) is 0.574. The maximum atomic E-state index is 10.7. The number of aliphatic carboxylic acids is 1. The average Bonchev–Trinajstić information content (AvgIpc) is 2.09. The van der Waals surface area contributed by atoms with Gasteiger partial charge in [0.15, 0.2) is 0 Å². The third kappa shape index (κ3) is 8.55. The molecule has 0 aliphatic rings. The predicted molar refractivity (Wildman–Crippen MR) is 44.1 cm³/mol. The van der Waals surface area contributed by atoms with Crippen LogP contribution in [0.25, 0.3) is 0 Å². The molecule has 0 saturated heterocycles. The van der Waals surface area contributed by atoms with Crippen molar-refractivity contribution < 1.29 is 24.5 Å². The highest BCUT2D eigenvalue weighted by Crippen LogP contribution is 1.90. The van der Waals surface area contributed by atoms with Crippen molar-refractivity contribution >= 4 is 11.9 Å². The second kappa shape index (κ2) is 7.30. The molecule has 0 radical (unpaired) electrons. The summed E-state index contributed by atoms with van der Waals surface area (Å²) in [6, 6.07) is 0. The minimum Gasteiger partial charge on any atom is -0.478 e. The fraction of sp³-hybridized carbons (Fsp3) is 0.500. The molecule has 0 saturated carbocycles. The molecule has 0 atom stereocenters. The smallest absolute Gasteiger partial charge is 0.331 e. The number of carbonyl (C=O) groups excluding carboxylic acids is 1. The summed E-state index contributed by atoms with van der Waals surface area (Å²) in [5.74, 6) is -1.87. The normalized spacial score (nSPS) is 10.2. The highest BCUT2D eigenvalue weighted by molar-refractivity contribution is 5.90. The number of unbranched alkanes of at least 4 members (excludes halogenated alkanes) is 1. The zero-order valence-corrected chi connectivity index (χ0v) is 7.10. The summed E-state index contributed by atoms with van der Waals surface area (Å²) in [5.41, 5.74) is 0. The Morgan fingerprint density at radius 3 is 2.46 bits per heavy atom. The number of carbonyl (C=O) groups is 2. The molecule has 0 fully saturated rings. The third-order valence-electron chi connectivity index (χ3n) is 1.16. The van der Waals surface area contributed by atoms with Crippen molar-refractivity contribution in [1.29, 1.82) is 0 Å². The summed E-state index contributed by atoms with van der Waals surface area (Å²) >= 11 is 0. The molecule has 5 nitrogen and oxygen atoms in total. The predicted octanol–water partition coefficient (Wildman–Crippen LogP) is -0.0571. The lowest BCUT2D eigenvalue weighted by atomic mass is 10.3. The van der Waals surface area contributed by atoms with Gasteiger partial charge in [0.05, 0.1) is 6.61 Å². The van der Waals surface area contributed by atoms with Crippen LogP contribution in [-0.4, -0.2) is 35.4 Å². The molecular weight excluding hydrogens is 176 g/mol. The second-order valence-corrected chi connectivity index (χ2v) is 2.27. The maximum Gasteiger partial charge on any atom is 0.331 e. The number of aliphatic hydroxyl groups is 1. The van der Waals surface area contributed by atoms with Crippen LogP contribution in [0.1, 0.15) is 12.8 Å². The minimum absolute atomic E-state index is 0.0581. The van der Waals surface area contributed by atoms with E-state index in [0.717, 1.165) is 6.08 Å². The lowest BCUT2D eigenvalue weighted by molar-refractivity contribution is -0.138. The molecule has 0 spiro atoms. The van der Waals surface area contributed by atoms with Crippen LogP contribution in [-0.2, 0) is 14.3 Å². The topological polar surface area (TPSA) is 83.8 Å². The molecule has 0 aromatic rings. The monoisotopic (exact) mass is 188 g/mol. The molecule has 0 aromatic carbocycles. The van der Waals surface area contributed by atoms with E-state index < -0.39 is 11.9 Å². The quantitative estimate of drug-likeness (QED) is 0.346. The van der Waals surface area contributed by atoms with Gasteiger partial charge in [-0.1, -0.05) is 0 Å². The number of hydrogen-bond acceptors (Lipinski definition) is 4. The molecule has 5 heteroatoms. The first-order valence-corrected chi connectivity index (χ1v) is 3.85. The van der Waals surface area contributed by atoms with Gasteiger partial charge in [0, 0.05) is 18.8 Å². The molecule has 0 heterocycles. The number of esters is 1. The van der Waals surface area contributed by atoms with Crippen LogP contribution in [0.5, 0.6) is 0 Å². The van der Waals surface area contributed by atoms with Crippen molar-refractivity contribution in [3.8, 4) is 0 Å². The standard InChI is InChI=1S/C8H12O5/c9-5-1-2-6-13-8(12)4-3-7(10)11/h3-4,9H,1-2,5-6H2,(H,10,11). The van der Waals surface area contributed by atoms with Crippen molar-refractivity contribution in [3.05, 3.63) is 12.2 Å². The van der Waals surface area contributed by atoms with Crippen molar-refractivity contribution in [2.45, 2.75) is 12.8 Å². The van der Waals surface area contributed by atoms with E-state index in [4.69, 9.17) is 10.2 Å². The third-order valence-corrected chi connectivity index (χ3v) is 1.16. The summed E-state index contributed by atoms with van der Waals surface area (Å²) in [5, 5.41) is 16.5. The number of hydrogen-bond donors (Lipinski definition) is 2.